The monoisotopic (exact) mass is 305 g/mol. The standard InChI is InChI=1S/C13H14Cl2FNO2/c14-6-12(19)17(9-4-10(18)5-9)7-8-2-1-3-11(15)13(8)16/h1-3,9-10,18H,4-7H2. The summed E-state index contributed by atoms with van der Waals surface area (Å²) in [6, 6.07) is 4.60. The van der Waals surface area contributed by atoms with E-state index in [0.717, 1.165) is 0 Å². The van der Waals surface area contributed by atoms with Crippen molar-refractivity contribution in [1.29, 1.82) is 0 Å². The number of rotatable bonds is 4. The molecular weight excluding hydrogens is 292 g/mol. The number of alkyl halides is 1. The topological polar surface area (TPSA) is 40.5 Å². The fourth-order valence-corrected chi connectivity index (χ4v) is 2.51. The third kappa shape index (κ3) is 3.19. The lowest BCUT2D eigenvalue weighted by Gasteiger charge is -2.40. The third-order valence-corrected chi connectivity index (χ3v) is 3.86. The zero-order chi connectivity index (χ0) is 14.0. The Labute approximate surface area is 120 Å². The predicted molar refractivity (Wildman–Crippen MR) is 71.7 cm³/mol. The van der Waals surface area contributed by atoms with E-state index in [9.17, 15) is 14.3 Å². The van der Waals surface area contributed by atoms with Gasteiger partial charge >= 0.3 is 0 Å². The van der Waals surface area contributed by atoms with Gasteiger partial charge in [-0.05, 0) is 18.9 Å². The van der Waals surface area contributed by atoms with E-state index in [1.807, 2.05) is 0 Å². The summed E-state index contributed by atoms with van der Waals surface area (Å²) >= 11 is 11.3. The van der Waals surface area contributed by atoms with Crippen LogP contribution in [-0.2, 0) is 11.3 Å². The largest absolute Gasteiger partial charge is 0.393 e. The molecule has 0 atom stereocenters. The first-order chi connectivity index (χ1) is 9.02. The summed E-state index contributed by atoms with van der Waals surface area (Å²) < 4.78 is 13.8. The van der Waals surface area contributed by atoms with Gasteiger partial charge in [0.15, 0.2) is 0 Å². The van der Waals surface area contributed by atoms with Gasteiger partial charge in [-0.3, -0.25) is 4.79 Å². The Morgan fingerprint density at radius 1 is 1.47 bits per heavy atom. The van der Waals surface area contributed by atoms with E-state index in [-0.39, 0.29) is 35.5 Å². The molecule has 104 valence electrons. The van der Waals surface area contributed by atoms with Gasteiger partial charge in [0.25, 0.3) is 0 Å². The SMILES string of the molecule is O=C(CCl)N(Cc1cccc(Cl)c1F)C1CC(O)C1. The molecule has 1 amide bonds. The molecule has 0 bridgehead atoms. The minimum atomic E-state index is -0.517. The van der Waals surface area contributed by atoms with Crippen LogP contribution in [0.3, 0.4) is 0 Å². The molecule has 0 unspecified atom stereocenters. The number of carbonyl (C=O) groups is 1. The molecule has 1 aromatic carbocycles. The fraction of sp³-hybridized carbons (Fsp3) is 0.462. The van der Waals surface area contributed by atoms with Gasteiger partial charge in [0, 0.05) is 18.2 Å². The molecule has 1 aliphatic carbocycles. The van der Waals surface area contributed by atoms with E-state index < -0.39 is 5.82 Å². The van der Waals surface area contributed by atoms with Crippen molar-refractivity contribution in [3.8, 4) is 0 Å². The second kappa shape index (κ2) is 6.07. The summed E-state index contributed by atoms with van der Waals surface area (Å²) in [5, 5.41) is 9.35. The molecule has 0 aromatic heterocycles. The normalized spacial score (nSPS) is 21.9. The second-order valence-corrected chi connectivity index (χ2v) is 5.32. The molecule has 1 N–H and O–H groups in total. The maximum Gasteiger partial charge on any atom is 0.238 e. The van der Waals surface area contributed by atoms with Gasteiger partial charge in [0.1, 0.15) is 11.7 Å². The van der Waals surface area contributed by atoms with Crippen LogP contribution < -0.4 is 0 Å². The van der Waals surface area contributed by atoms with Crippen LogP contribution in [0, 0.1) is 5.82 Å². The van der Waals surface area contributed by atoms with E-state index in [1.165, 1.54) is 11.0 Å². The lowest BCUT2D eigenvalue weighted by Crippen LogP contribution is -2.50. The van der Waals surface area contributed by atoms with Crippen LogP contribution in [0.15, 0.2) is 18.2 Å². The van der Waals surface area contributed by atoms with Gasteiger partial charge in [-0.1, -0.05) is 23.7 Å². The van der Waals surface area contributed by atoms with Crippen LogP contribution in [0.5, 0.6) is 0 Å². The molecule has 6 heteroatoms. The molecule has 2 rings (SSSR count). The molecule has 0 spiro atoms. The van der Waals surface area contributed by atoms with Crippen LogP contribution in [0.25, 0.3) is 0 Å². The Morgan fingerprint density at radius 3 is 2.74 bits per heavy atom. The van der Waals surface area contributed by atoms with Gasteiger partial charge in [-0.15, -0.1) is 11.6 Å². The molecule has 0 radical (unpaired) electrons. The van der Waals surface area contributed by atoms with Crippen molar-refractivity contribution in [3.05, 3.63) is 34.6 Å². The summed E-state index contributed by atoms with van der Waals surface area (Å²) in [7, 11) is 0. The predicted octanol–water partition coefficient (Wildman–Crippen LogP) is 2.57. The quantitative estimate of drug-likeness (QED) is 0.869. The summed E-state index contributed by atoms with van der Waals surface area (Å²) in [5.41, 5.74) is 0.354. The lowest BCUT2D eigenvalue weighted by molar-refractivity contribution is -0.136. The summed E-state index contributed by atoms with van der Waals surface area (Å²) in [5.74, 6) is -0.941. The van der Waals surface area contributed by atoms with E-state index in [2.05, 4.69) is 0 Å². The van der Waals surface area contributed by atoms with Gasteiger partial charge in [0.05, 0.1) is 11.1 Å². The number of hydrogen-bond acceptors (Lipinski definition) is 2. The molecule has 1 fully saturated rings. The zero-order valence-electron chi connectivity index (χ0n) is 10.2. The van der Waals surface area contributed by atoms with E-state index in [0.29, 0.717) is 18.4 Å². The van der Waals surface area contributed by atoms with Crippen LogP contribution in [0.4, 0.5) is 4.39 Å². The Balaban J connectivity index is 2.16. The fourth-order valence-electron chi connectivity index (χ4n) is 2.17. The average molecular weight is 306 g/mol. The highest BCUT2D eigenvalue weighted by Crippen LogP contribution is 2.28. The molecule has 3 nitrogen and oxygen atoms in total. The number of halogens is 3. The number of nitrogens with zero attached hydrogens (tertiary/aromatic N) is 1. The second-order valence-electron chi connectivity index (χ2n) is 4.65. The van der Waals surface area contributed by atoms with Gasteiger partial charge in [0.2, 0.25) is 5.91 Å². The van der Waals surface area contributed by atoms with E-state index >= 15 is 0 Å². The summed E-state index contributed by atoms with van der Waals surface area (Å²) in [6.07, 6.45) is 0.621. The molecule has 0 heterocycles. The van der Waals surface area contributed by atoms with E-state index in [4.69, 9.17) is 23.2 Å². The van der Waals surface area contributed by atoms with Crippen LogP contribution in [0.1, 0.15) is 18.4 Å². The maximum absolute atomic E-state index is 13.8. The minimum absolute atomic E-state index is 0.0319. The number of aliphatic hydroxyl groups is 1. The Bertz CT molecular complexity index is 478. The minimum Gasteiger partial charge on any atom is -0.393 e. The maximum atomic E-state index is 13.8. The number of benzene rings is 1. The lowest BCUT2D eigenvalue weighted by atomic mass is 9.87. The van der Waals surface area contributed by atoms with Crippen molar-refractivity contribution in [1.82, 2.24) is 4.90 Å². The number of aliphatic hydroxyl groups excluding tert-OH is 1. The first kappa shape index (κ1) is 14.6. The highest BCUT2D eigenvalue weighted by atomic mass is 35.5. The average Bonchev–Trinajstić information content (AvgIpc) is 2.36. The first-order valence-electron chi connectivity index (χ1n) is 5.99. The Morgan fingerprint density at radius 2 is 2.16 bits per heavy atom. The van der Waals surface area contributed by atoms with E-state index in [1.54, 1.807) is 12.1 Å². The van der Waals surface area contributed by atoms with Crippen molar-refractivity contribution >= 4 is 29.1 Å². The van der Waals surface area contributed by atoms with Crippen LogP contribution in [-0.4, -0.2) is 33.9 Å². The smallest absolute Gasteiger partial charge is 0.238 e. The zero-order valence-corrected chi connectivity index (χ0v) is 11.7. The Kier molecular flexibility index (Phi) is 4.66. The molecule has 0 saturated heterocycles. The van der Waals surface area contributed by atoms with Crippen molar-refractivity contribution in [2.45, 2.75) is 31.5 Å². The molecule has 1 aliphatic rings. The van der Waals surface area contributed by atoms with Crippen LogP contribution >= 0.6 is 23.2 Å². The third-order valence-electron chi connectivity index (χ3n) is 3.34. The Hall–Kier alpha value is -0.840. The highest BCUT2D eigenvalue weighted by Gasteiger charge is 2.35. The number of amides is 1. The summed E-state index contributed by atoms with van der Waals surface area (Å²) in [4.78, 5) is 13.3. The van der Waals surface area contributed by atoms with Crippen molar-refractivity contribution in [3.63, 3.8) is 0 Å². The number of hydrogen-bond donors (Lipinski definition) is 1. The van der Waals surface area contributed by atoms with Crippen LogP contribution in [0.2, 0.25) is 5.02 Å². The van der Waals surface area contributed by atoms with Gasteiger partial charge in [-0.25, -0.2) is 4.39 Å². The molecule has 19 heavy (non-hydrogen) atoms. The molecule has 0 aliphatic heterocycles. The number of carbonyl (C=O) groups excluding carboxylic acids is 1. The molecule has 1 saturated carbocycles. The van der Waals surface area contributed by atoms with Crippen molar-refractivity contribution in [2.75, 3.05) is 5.88 Å². The van der Waals surface area contributed by atoms with Crippen molar-refractivity contribution < 1.29 is 14.3 Å². The molecule has 1 aromatic rings. The molecular formula is C13H14Cl2FNO2. The van der Waals surface area contributed by atoms with Gasteiger partial charge in [-0.2, -0.15) is 0 Å². The van der Waals surface area contributed by atoms with Gasteiger partial charge < -0.3 is 10.0 Å². The highest BCUT2D eigenvalue weighted by molar-refractivity contribution is 6.30. The summed E-state index contributed by atoms with van der Waals surface area (Å²) in [6.45, 7) is 0.120. The van der Waals surface area contributed by atoms with Crippen molar-refractivity contribution in [2.24, 2.45) is 0 Å². The first-order valence-corrected chi connectivity index (χ1v) is 6.90.